The Kier molecular flexibility index (Phi) is 5.10. The number of halogens is 2. The number of nitro groups is 1. The van der Waals surface area contributed by atoms with Crippen molar-refractivity contribution < 1.29 is 13.7 Å². The minimum atomic E-state index is -0.581. The summed E-state index contributed by atoms with van der Waals surface area (Å²) in [4.78, 5) is 19.3. The van der Waals surface area contributed by atoms with Crippen LogP contribution in [0.25, 0.3) is 10.8 Å². The third-order valence-electron chi connectivity index (χ3n) is 5.58. The maximum atomic E-state index is 14.1. The molecule has 1 fully saturated rings. The van der Waals surface area contributed by atoms with Gasteiger partial charge in [-0.25, -0.2) is 8.78 Å². The molecule has 1 atom stereocenters. The van der Waals surface area contributed by atoms with Crippen LogP contribution in [-0.4, -0.2) is 41.0 Å². The Morgan fingerprint density at radius 1 is 1.07 bits per heavy atom. The molecule has 1 saturated heterocycles. The van der Waals surface area contributed by atoms with E-state index in [1.807, 2.05) is 6.92 Å². The van der Waals surface area contributed by atoms with Crippen LogP contribution in [0.5, 0.6) is 0 Å². The molecule has 2 aromatic carbocycles. The summed E-state index contributed by atoms with van der Waals surface area (Å²) < 4.78 is 27.3. The molecule has 0 radical (unpaired) electrons. The highest BCUT2D eigenvalue weighted by Crippen LogP contribution is 2.34. The number of non-ortho nitro benzene ring substituents is 1. The summed E-state index contributed by atoms with van der Waals surface area (Å²) in [6.07, 6.45) is 3.15. The van der Waals surface area contributed by atoms with Gasteiger partial charge in [-0.1, -0.05) is 6.07 Å². The molecule has 0 spiro atoms. The van der Waals surface area contributed by atoms with Crippen molar-refractivity contribution in [1.82, 2.24) is 9.88 Å². The molecule has 3 aromatic rings. The summed E-state index contributed by atoms with van der Waals surface area (Å²) in [6, 6.07) is 8.61. The highest BCUT2D eigenvalue weighted by Gasteiger charge is 2.26. The zero-order valence-corrected chi connectivity index (χ0v) is 15.9. The fraction of sp³-hybridized carbons (Fsp3) is 0.286. The Morgan fingerprint density at radius 3 is 2.52 bits per heavy atom. The maximum absolute atomic E-state index is 14.1. The molecular weight excluding hydrogens is 378 g/mol. The summed E-state index contributed by atoms with van der Waals surface area (Å²) in [5, 5.41) is 12.6. The molecule has 29 heavy (non-hydrogen) atoms. The molecule has 0 amide bonds. The van der Waals surface area contributed by atoms with Gasteiger partial charge in [-0.2, -0.15) is 0 Å². The van der Waals surface area contributed by atoms with Crippen molar-refractivity contribution in [1.29, 1.82) is 0 Å². The van der Waals surface area contributed by atoms with E-state index in [1.54, 1.807) is 18.3 Å². The lowest BCUT2D eigenvalue weighted by Gasteiger charge is -2.39. The van der Waals surface area contributed by atoms with Crippen LogP contribution in [-0.2, 0) is 0 Å². The van der Waals surface area contributed by atoms with E-state index in [-0.39, 0.29) is 11.7 Å². The van der Waals surface area contributed by atoms with E-state index in [9.17, 15) is 18.9 Å². The van der Waals surface area contributed by atoms with E-state index < -0.39 is 16.6 Å². The minimum Gasteiger partial charge on any atom is -0.368 e. The van der Waals surface area contributed by atoms with Crippen LogP contribution in [0.3, 0.4) is 0 Å². The molecule has 1 aliphatic heterocycles. The van der Waals surface area contributed by atoms with Gasteiger partial charge in [-0.05, 0) is 25.1 Å². The van der Waals surface area contributed by atoms with E-state index in [2.05, 4.69) is 14.8 Å². The fourth-order valence-electron chi connectivity index (χ4n) is 3.98. The molecule has 0 aliphatic carbocycles. The van der Waals surface area contributed by atoms with Crippen LogP contribution in [0.15, 0.2) is 48.8 Å². The molecule has 2 heterocycles. The van der Waals surface area contributed by atoms with Crippen molar-refractivity contribution in [2.45, 2.75) is 13.0 Å². The van der Waals surface area contributed by atoms with E-state index in [0.717, 1.165) is 17.1 Å². The lowest BCUT2D eigenvalue weighted by atomic mass is 10.0. The lowest BCUT2D eigenvalue weighted by Crippen LogP contribution is -2.47. The molecule has 1 aliphatic rings. The first-order valence-electron chi connectivity index (χ1n) is 9.41. The Morgan fingerprint density at radius 2 is 1.83 bits per heavy atom. The first-order chi connectivity index (χ1) is 14.0. The lowest BCUT2D eigenvalue weighted by molar-refractivity contribution is -0.383. The number of rotatable bonds is 4. The largest absolute Gasteiger partial charge is 0.368 e. The predicted molar refractivity (Wildman–Crippen MR) is 107 cm³/mol. The molecular formula is C21H20F2N4O2. The number of piperazine rings is 1. The Labute approximate surface area is 166 Å². The third-order valence-corrected chi connectivity index (χ3v) is 5.58. The van der Waals surface area contributed by atoms with E-state index >= 15 is 0 Å². The number of hydrogen-bond acceptors (Lipinski definition) is 5. The molecule has 8 heteroatoms. The van der Waals surface area contributed by atoms with Gasteiger partial charge < -0.3 is 4.90 Å². The highest BCUT2D eigenvalue weighted by molar-refractivity contribution is 5.99. The SMILES string of the molecule is CC(c1ccc(F)cc1F)N1CCN(c2ccc([N+](=O)[O-])c3cnccc23)CC1. The maximum Gasteiger partial charge on any atom is 0.278 e. The van der Waals surface area contributed by atoms with Gasteiger partial charge in [0, 0.05) is 73.4 Å². The second-order valence-corrected chi connectivity index (χ2v) is 7.15. The van der Waals surface area contributed by atoms with Gasteiger partial charge in [-0.3, -0.25) is 20.0 Å². The van der Waals surface area contributed by atoms with E-state index in [1.165, 1.54) is 24.4 Å². The van der Waals surface area contributed by atoms with Crippen molar-refractivity contribution in [3.63, 3.8) is 0 Å². The average Bonchev–Trinajstić information content (AvgIpc) is 2.72. The van der Waals surface area contributed by atoms with Crippen LogP contribution in [0, 0.1) is 21.7 Å². The number of benzene rings is 2. The topological polar surface area (TPSA) is 62.5 Å². The first kappa shape index (κ1) is 19.2. The van der Waals surface area contributed by atoms with Crippen LogP contribution < -0.4 is 4.90 Å². The quantitative estimate of drug-likeness (QED) is 0.484. The number of nitro benzene ring substituents is 1. The number of nitrogens with zero attached hydrogens (tertiary/aromatic N) is 4. The summed E-state index contributed by atoms with van der Waals surface area (Å²) in [7, 11) is 0. The average molecular weight is 398 g/mol. The predicted octanol–water partition coefficient (Wildman–Crippen LogP) is 4.30. The number of hydrogen-bond donors (Lipinski definition) is 0. The summed E-state index contributed by atoms with van der Waals surface area (Å²) >= 11 is 0. The third kappa shape index (κ3) is 3.63. The van der Waals surface area contributed by atoms with Gasteiger partial charge in [0.25, 0.3) is 5.69 Å². The van der Waals surface area contributed by atoms with Gasteiger partial charge >= 0.3 is 0 Å². The monoisotopic (exact) mass is 398 g/mol. The molecule has 0 bridgehead atoms. The molecule has 0 N–H and O–H groups in total. The number of aromatic nitrogens is 1. The van der Waals surface area contributed by atoms with Gasteiger partial charge in [0.1, 0.15) is 11.6 Å². The molecule has 4 rings (SSSR count). The van der Waals surface area contributed by atoms with Crippen molar-refractivity contribution in [3.05, 3.63) is 76.1 Å². The highest BCUT2D eigenvalue weighted by atomic mass is 19.1. The number of pyridine rings is 1. The van der Waals surface area contributed by atoms with Crippen LogP contribution in [0.1, 0.15) is 18.5 Å². The van der Waals surface area contributed by atoms with Gasteiger partial charge in [-0.15, -0.1) is 0 Å². The van der Waals surface area contributed by atoms with Gasteiger partial charge in [0.2, 0.25) is 0 Å². The van der Waals surface area contributed by atoms with Crippen molar-refractivity contribution in [2.24, 2.45) is 0 Å². The minimum absolute atomic E-state index is 0.0379. The second kappa shape index (κ2) is 7.71. The molecule has 6 nitrogen and oxygen atoms in total. The Hall–Kier alpha value is -3.13. The summed E-state index contributed by atoms with van der Waals surface area (Å²) in [5.74, 6) is -1.11. The van der Waals surface area contributed by atoms with Gasteiger partial charge in [0.05, 0.1) is 10.3 Å². The van der Waals surface area contributed by atoms with Crippen LogP contribution >= 0.6 is 0 Å². The molecule has 1 unspecified atom stereocenters. The molecule has 1 aromatic heterocycles. The number of fused-ring (bicyclic) bond motifs is 1. The second-order valence-electron chi connectivity index (χ2n) is 7.15. The van der Waals surface area contributed by atoms with Crippen LogP contribution in [0.2, 0.25) is 0 Å². The first-order valence-corrected chi connectivity index (χ1v) is 9.41. The van der Waals surface area contributed by atoms with Crippen LogP contribution in [0.4, 0.5) is 20.2 Å². The van der Waals surface area contributed by atoms with E-state index in [0.29, 0.717) is 37.1 Å². The van der Waals surface area contributed by atoms with Crippen molar-refractivity contribution in [3.8, 4) is 0 Å². The standard InChI is InChI=1S/C21H20F2N4O2/c1-14(16-3-2-15(22)12-19(16)23)25-8-10-26(11-9-25)20-4-5-21(27(28)29)18-13-24-7-6-17(18)20/h2-7,12-14H,8-11H2,1H3. The zero-order valence-electron chi connectivity index (χ0n) is 15.9. The fourth-order valence-corrected chi connectivity index (χ4v) is 3.98. The summed E-state index contributed by atoms with van der Waals surface area (Å²) in [6.45, 7) is 4.70. The smallest absolute Gasteiger partial charge is 0.278 e. The van der Waals surface area contributed by atoms with E-state index in [4.69, 9.17) is 0 Å². The van der Waals surface area contributed by atoms with Gasteiger partial charge in [0.15, 0.2) is 0 Å². The Bertz CT molecular complexity index is 1070. The molecule has 150 valence electrons. The normalized spacial score (nSPS) is 16.2. The number of anilines is 1. The van der Waals surface area contributed by atoms with Crippen molar-refractivity contribution >= 4 is 22.1 Å². The zero-order chi connectivity index (χ0) is 20.5. The Balaban J connectivity index is 1.54. The molecule has 0 saturated carbocycles. The summed E-state index contributed by atoms with van der Waals surface area (Å²) in [5.41, 5.74) is 1.44. The van der Waals surface area contributed by atoms with Crippen molar-refractivity contribution in [2.75, 3.05) is 31.1 Å².